The lowest BCUT2D eigenvalue weighted by Crippen LogP contribution is -2.68. The molecule has 3 N–H and O–H groups in total. The second kappa shape index (κ2) is 4.42. The van der Waals surface area contributed by atoms with Gasteiger partial charge >= 0.3 is 0 Å². The maximum absolute atomic E-state index is 11.6. The Balaban J connectivity index is 1.84. The van der Waals surface area contributed by atoms with Crippen molar-refractivity contribution in [3.05, 3.63) is 0 Å². The van der Waals surface area contributed by atoms with Crippen LogP contribution in [0.3, 0.4) is 0 Å². The predicted octanol–water partition coefficient (Wildman–Crippen LogP) is 0.950. The average molecular weight is 281 g/mol. The molecule has 0 aromatic heterocycles. The standard InChI is InChI=1S/C16H27NO3/c18-10-11-7-12-8-14(19)13-3-1-5-17-6-2-4-15(12,13)16(17,20)9-11/h11-14,18-20H,1-10H2/t11?,12?,13-,14+,15?,16?/m1/s1. The quantitative estimate of drug-likeness (QED) is 0.669. The lowest BCUT2D eigenvalue weighted by Gasteiger charge is -2.62. The summed E-state index contributed by atoms with van der Waals surface area (Å²) in [5.74, 6) is 0.851. The molecule has 4 heteroatoms. The largest absolute Gasteiger partial charge is 0.396 e. The van der Waals surface area contributed by atoms with Crippen molar-refractivity contribution in [3.8, 4) is 0 Å². The second-order valence-electron chi connectivity index (χ2n) is 7.68. The van der Waals surface area contributed by atoms with Crippen LogP contribution in [0.5, 0.6) is 0 Å². The molecule has 7 atom stereocenters. The summed E-state index contributed by atoms with van der Waals surface area (Å²) in [6, 6.07) is 0. The molecule has 0 amide bonds. The molecule has 2 saturated heterocycles. The molecule has 5 unspecified atom stereocenters. The van der Waals surface area contributed by atoms with Gasteiger partial charge < -0.3 is 15.3 Å². The van der Waals surface area contributed by atoms with Crippen molar-refractivity contribution in [1.82, 2.24) is 4.90 Å². The van der Waals surface area contributed by atoms with E-state index in [9.17, 15) is 15.3 Å². The summed E-state index contributed by atoms with van der Waals surface area (Å²) in [4.78, 5) is 2.30. The summed E-state index contributed by atoms with van der Waals surface area (Å²) < 4.78 is 0. The van der Waals surface area contributed by atoms with Gasteiger partial charge in [0, 0.05) is 25.1 Å². The summed E-state index contributed by atoms with van der Waals surface area (Å²) in [7, 11) is 0. The maximum Gasteiger partial charge on any atom is 0.125 e. The van der Waals surface area contributed by atoms with Gasteiger partial charge in [0.05, 0.1) is 6.10 Å². The third-order valence-electron chi connectivity index (χ3n) is 7.06. The Morgan fingerprint density at radius 1 is 1.15 bits per heavy atom. The van der Waals surface area contributed by atoms with Gasteiger partial charge in [-0.05, 0) is 62.7 Å². The second-order valence-corrected chi connectivity index (χ2v) is 7.68. The van der Waals surface area contributed by atoms with Crippen LogP contribution in [-0.2, 0) is 0 Å². The van der Waals surface area contributed by atoms with Gasteiger partial charge in [-0.1, -0.05) is 0 Å². The number of piperidine rings is 1. The van der Waals surface area contributed by atoms with E-state index in [1.54, 1.807) is 0 Å². The van der Waals surface area contributed by atoms with E-state index in [0.717, 1.165) is 51.6 Å². The fourth-order valence-electron chi connectivity index (χ4n) is 6.47. The highest BCUT2D eigenvalue weighted by Gasteiger charge is 2.70. The molecule has 2 aliphatic heterocycles. The minimum Gasteiger partial charge on any atom is -0.396 e. The van der Waals surface area contributed by atoms with Crippen LogP contribution in [0.4, 0.5) is 0 Å². The monoisotopic (exact) mass is 281 g/mol. The third kappa shape index (κ3) is 1.46. The molecule has 4 fully saturated rings. The van der Waals surface area contributed by atoms with Gasteiger partial charge in [0.15, 0.2) is 0 Å². The zero-order valence-corrected chi connectivity index (χ0v) is 12.2. The Morgan fingerprint density at radius 2 is 1.95 bits per heavy atom. The van der Waals surface area contributed by atoms with Crippen LogP contribution in [0, 0.1) is 23.2 Å². The normalized spacial score (nSPS) is 58.0. The van der Waals surface area contributed by atoms with E-state index in [1.165, 1.54) is 0 Å². The molecule has 114 valence electrons. The number of nitrogens with zero attached hydrogens (tertiary/aromatic N) is 1. The van der Waals surface area contributed by atoms with Crippen molar-refractivity contribution in [2.45, 2.75) is 56.8 Å². The molecule has 1 spiro atoms. The minimum absolute atomic E-state index is 0.104. The molecule has 2 heterocycles. The van der Waals surface area contributed by atoms with Crippen LogP contribution >= 0.6 is 0 Å². The molecule has 20 heavy (non-hydrogen) atoms. The van der Waals surface area contributed by atoms with Gasteiger partial charge in [-0.2, -0.15) is 0 Å². The van der Waals surface area contributed by atoms with E-state index in [4.69, 9.17) is 0 Å². The Morgan fingerprint density at radius 3 is 2.75 bits per heavy atom. The van der Waals surface area contributed by atoms with Gasteiger partial charge in [-0.15, -0.1) is 0 Å². The van der Waals surface area contributed by atoms with Gasteiger partial charge in [-0.25, -0.2) is 0 Å². The number of hydrogen-bond acceptors (Lipinski definition) is 4. The highest BCUT2D eigenvalue weighted by molar-refractivity contribution is 5.17. The molecule has 0 radical (unpaired) electrons. The molecule has 4 aliphatic rings. The fourth-order valence-corrected chi connectivity index (χ4v) is 6.47. The maximum atomic E-state index is 11.6. The minimum atomic E-state index is -0.778. The molecule has 4 rings (SSSR count). The Kier molecular flexibility index (Phi) is 2.98. The van der Waals surface area contributed by atoms with Crippen LogP contribution in [0.15, 0.2) is 0 Å². The topological polar surface area (TPSA) is 63.9 Å². The van der Waals surface area contributed by atoms with E-state index < -0.39 is 5.72 Å². The van der Waals surface area contributed by atoms with E-state index in [0.29, 0.717) is 12.3 Å². The van der Waals surface area contributed by atoms with Crippen molar-refractivity contribution in [1.29, 1.82) is 0 Å². The van der Waals surface area contributed by atoms with Crippen LogP contribution in [0.25, 0.3) is 0 Å². The zero-order valence-electron chi connectivity index (χ0n) is 12.2. The SMILES string of the molecule is OCC1CC2C[C@H](O)[C@H]3CCCN4CCCC23C4(O)C1. The zero-order chi connectivity index (χ0) is 14.0. The predicted molar refractivity (Wildman–Crippen MR) is 74.8 cm³/mol. The summed E-state index contributed by atoms with van der Waals surface area (Å²) in [6.45, 7) is 2.10. The smallest absolute Gasteiger partial charge is 0.125 e. The Bertz CT molecular complexity index is 403. The van der Waals surface area contributed by atoms with Crippen molar-refractivity contribution < 1.29 is 15.3 Å². The first-order valence-corrected chi connectivity index (χ1v) is 8.38. The fraction of sp³-hybridized carbons (Fsp3) is 1.00. The summed E-state index contributed by atoms with van der Waals surface area (Å²) in [5, 5.41) is 31.9. The van der Waals surface area contributed by atoms with Crippen molar-refractivity contribution >= 4 is 0 Å². The highest BCUT2D eigenvalue weighted by Crippen LogP contribution is 2.67. The summed E-state index contributed by atoms with van der Waals surface area (Å²) in [5.41, 5.74) is -0.882. The average Bonchev–Trinajstić information content (AvgIpc) is 2.68. The van der Waals surface area contributed by atoms with Gasteiger partial charge in [0.2, 0.25) is 0 Å². The first-order chi connectivity index (χ1) is 9.62. The van der Waals surface area contributed by atoms with Crippen molar-refractivity contribution in [2.75, 3.05) is 19.7 Å². The molecule has 0 aromatic carbocycles. The van der Waals surface area contributed by atoms with Gasteiger partial charge in [-0.3, -0.25) is 4.90 Å². The van der Waals surface area contributed by atoms with Crippen molar-refractivity contribution in [3.63, 3.8) is 0 Å². The third-order valence-corrected chi connectivity index (χ3v) is 7.06. The van der Waals surface area contributed by atoms with E-state index >= 15 is 0 Å². The molecule has 2 aliphatic carbocycles. The first-order valence-electron chi connectivity index (χ1n) is 8.38. The molecule has 2 saturated carbocycles. The lowest BCUT2D eigenvalue weighted by molar-refractivity contribution is -0.270. The van der Waals surface area contributed by atoms with Crippen LogP contribution < -0.4 is 0 Å². The Hall–Kier alpha value is -0.160. The molecule has 0 aromatic rings. The number of aliphatic hydroxyl groups is 3. The first kappa shape index (κ1) is 13.5. The van der Waals surface area contributed by atoms with Crippen LogP contribution in [-0.4, -0.2) is 51.7 Å². The lowest BCUT2D eigenvalue weighted by atomic mass is 9.53. The van der Waals surface area contributed by atoms with E-state index in [2.05, 4.69) is 4.90 Å². The van der Waals surface area contributed by atoms with Crippen LogP contribution in [0.2, 0.25) is 0 Å². The summed E-state index contributed by atoms with van der Waals surface area (Å²) in [6.07, 6.45) is 6.61. The van der Waals surface area contributed by atoms with Crippen LogP contribution in [0.1, 0.15) is 44.9 Å². The summed E-state index contributed by atoms with van der Waals surface area (Å²) >= 11 is 0. The van der Waals surface area contributed by atoms with Gasteiger partial charge in [0.1, 0.15) is 5.72 Å². The molecule has 4 nitrogen and oxygen atoms in total. The Labute approximate surface area is 120 Å². The number of hydrogen-bond donors (Lipinski definition) is 3. The number of aliphatic hydroxyl groups excluding tert-OH is 2. The molecular formula is C16H27NO3. The number of rotatable bonds is 1. The van der Waals surface area contributed by atoms with E-state index in [-0.39, 0.29) is 30.0 Å². The molecular weight excluding hydrogens is 254 g/mol. The highest BCUT2D eigenvalue weighted by atomic mass is 16.3. The van der Waals surface area contributed by atoms with E-state index in [1.807, 2.05) is 0 Å². The molecule has 2 bridgehead atoms. The van der Waals surface area contributed by atoms with Gasteiger partial charge in [0.25, 0.3) is 0 Å². The van der Waals surface area contributed by atoms with Crippen molar-refractivity contribution in [2.24, 2.45) is 23.2 Å².